The first-order chi connectivity index (χ1) is 19.1. The average molecular weight is 611 g/mol. The van der Waals surface area contributed by atoms with Gasteiger partial charge in [-0.2, -0.15) is 0 Å². The maximum Gasteiger partial charge on any atom is 0.338 e. The number of carbonyl (C=O) groups is 2. The molecule has 1 saturated heterocycles. The van der Waals surface area contributed by atoms with Crippen LogP contribution < -0.4 is 5.32 Å². The predicted molar refractivity (Wildman–Crippen MR) is 147 cm³/mol. The smallest absolute Gasteiger partial charge is 0.338 e. The number of nitrogens with zero attached hydrogens (tertiary/aromatic N) is 3. The molecule has 1 aliphatic carbocycles. The van der Waals surface area contributed by atoms with E-state index in [0.717, 1.165) is 0 Å². The Morgan fingerprint density at radius 1 is 1.18 bits per heavy atom. The van der Waals surface area contributed by atoms with Crippen molar-refractivity contribution in [1.82, 2.24) is 14.6 Å². The molecule has 2 fully saturated rings. The topological polar surface area (TPSA) is 127 Å². The number of benzene rings is 1. The summed E-state index contributed by atoms with van der Waals surface area (Å²) in [7, 11) is -1.02. The van der Waals surface area contributed by atoms with Gasteiger partial charge in [-0.25, -0.2) is 26.9 Å². The monoisotopic (exact) mass is 610 g/mol. The molecule has 1 unspecified atom stereocenters. The number of aromatic nitrogens is 1. The molecule has 1 atom stereocenters. The highest BCUT2D eigenvalue weighted by atomic mass is 35.5. The number of halogens is 2. The summed E-state index contributed by atoms with van der Waals surface area (Å²) in [4.78, 5) is 34.0. The molecular weight excluding hydrogens is 583 g/mol. The summed E-state index contributed by atoms with van der Waals surface area (Å²) in [5.41, 5.74) is 1.23. The highest BCUT2D eigenvalue weighted by Crippen LogP contribution is 2.41. The molecule has 2 aromatic rings. The number of esters is 2. The zero-order chi connectivity index (χ0) is 28.6. The first-order valence-electron chi connectivity index (χ1n) is 12.7. The average Bonchev–Trinajstić information content (AvgIpc) is 3.46. The van der Waals surface area contributed by atoms with Crippen molar-refractivity contribution < 1.29 is 31.9 Å². The van der Waals surface area contributed by atoms with Crippen LogP contribution in [-0.2, 0) is 29.1 Å². The number of sulfonamides is 1. The second kappa shape index (κ2) is 11.6. The minimum atomic E-state index is -3.59. The van der Waals surface area contributed by atoms with Crippen LogP contribution in [0.3, 0.4) is 0 Å². The molecule has 40 heavy (non-hydrogen) atoms. The number of aliphatic imine (C=N–C) groups is 1. The van der Waals surface area contributed by atoms with Gasteiger partial charge in [0, 0.05) is 46.9 Å². The number of hydrogen-bond acceptors (Lipinski definition) is 10. The number of hydrogen-bond donors (Lipinski definition) is 1. The molecule has 1 aromatic heterocycles. The summed E-state index contributed by atoms with van der Waals surface area (Å²) in [6, 6.07) is 3.03. The Hall–Kier alpha value is -2.87. The number of thiazole rings is 1. The molecule has 0 spiro atoms. The van der Waals surface area contributed by atoms with Crippen molar-refractivity contribution in [2.45, 2.75) is 37.0 Å². The van der Waals surface area contributed by atoms with E-state index in [1.807, 2.05) is 0 Å². The zero-order valence-electron chi connectivity index (χ0n) is 21.8. The van der Waals surface area contributed by atoms with Crippen LogP contribution in [0, 0.1) is 17.7 Å². The molecule has 1 aromatic carbocycles. The normalized spacial score (nSPS) is 24.1. The first kappa shape index (κ1) is 28.7. The highest BCUT2D eigenvalue weighted by molar-refractivity contribution is 7.89. The van der Waals surface area contributed by atoms with Gasteiger partial charge < -0.3 is 14.8 Å². The van der Waals surface area contributed by atoms with E-state index in [9.17, 15) is 22.4 Å². The Bertz CT molecular complexity index is 1470. The molecule has 10 nitrogen and oxygen atoms in total. The fraction of sp³-hybridized carbons (Fsp3) is 0.462. The van der Waals surface area contributed by atoms with Crippen LogP contribution in [0.15, 0.2) is 46.0 Å². The molecular formula is C26H28ClFN4O6S2. The third kappa shape index (κ3) is 5.39. The molecule has 0 bridgehead atoms. The molecule has 1 saturated carbocycles. The summed E-state index contributed by atoms with van der Waals surface area (Å²) >= 11 is 7.78. The van der Waals surface area contributed by atoms with E-state index in [-0.39, 0.29) is 54.3 Å². The third-order valence-corrected chi connectivity index (χ3v) is 11.1. The number of piperidine rings is 1. The van der Waals surface area contributed by atoms with Gasteiger partial charge in [-0.1, -0.05) is 17.7 Å². The van der Waals surface area contributed by atoms with Gasteiger partial charge in [0.15, 0.2) is 10.8 Å². The Balaban J connectivity index is 1.43. The lowest BCUT2D eigenvalue weighted by molar-refractivity contribution is -0.148. The molecule has 3 aliphatic rings. The van der Waals surface area contributed by atoms with Gasteiger partial charge in [0.25, 0.3) is 0 Å². The Morgan fingerprint density at radius 2 is 1.90 bits per heavy atom. The number of ether oxygens (including phenoxy) is 2. The quantitative estimate of drug-likeness (QED) is 0.472. The standard InChI is InChI=1S/C26H28ClFN4O6S2/c1-37-25(33)15-11-17(12-15)40(35,36)32-8-5-14(6-9-32)21-20(26(34)38-2)22(18-4-3-16(28)13-19(18)27)31-23(30-21)24-29-7-10-39-24/h3-4,7,10,13-15,17,22H,5-6,8-9,11-12H2,1-2H3,(H,30,31)/t15-,17+,22?. The fourth-order valence-electron chi connectivity index (χ4n) is 5.40. The van der Waals surface area contributed by atoms with Crippen LogP contribution in [0.1, 0.15) is 42.3 Å². The molecule has 1 N–H and O–H groups in total. The first-order valence-corrected chi connectivity index (χ1v) is 15.5. The van der Waals surface area contributed by atoms with Crippen molar-refractivity contribution in [2.24, 2.45) is 16.8 Å². The van der Waals surface area contributed by atoms with Crippen molar-refractivity contribution in [1.29, 1.82) is 0 Å². The second-order valence-corrected chi connectivity index (χ2v) is 13.4. The summed E-state index contributed by atoms with van der Waals surface area (Å²) in [6.07, 6.45) is 3.01. The Labute approximate surface area is 240 Å². The zero-order valence-corrected chi connectivity index (χ0v) is 24.2. The van der Waals surface area contributed by atoms with Crippen molar-refractivity contribution in [3.05, 3.63) is 62.5 Å². The molecule has 0 amide bonds. The molecule has 214 valence electrons. The molecule has 3 heterocycles. The van der Waals surface area contributed by atoms with Crippen LogP contribution in [0.5, 0.6) is 0 Å². The van der Waals surface area contributed by atoms with Gasteiger partial charge in [-0.15, -0.1) is 11.3 Å². The summed E-state index contributed by atoms with van der Waals surface area (Å²) in [5, 5.41) is 5.18. The number of methoxy groups -OCH3 is 2. The van der Waals surface area contributed by atoms with Gasteiger partial charge in [0.2, 0.25) is 10.0 Å². The predicted octanol–water partition coefficient (Wildman–Crippen LogP) is 3.45. The van der Waals surface area contributed by atoms with E-state index in [1.165, 1.54) is 48.1 Å². The summed E-state index contributed by atoms with van der Waals surface area (Å²) in [6.45, 7) is 0.495. The van der Waals surface area contributed by atoms with Crippen LogP contribution in [-0.4, -0.2) is 68.0 Å². The molecule has 5 rings (SSSR count). The van der Waals surface area contributed by atoms with E-state index in [2.05, 4.69) is 10.3 Å². The highest BCUT2D eigenvalue weighted by Gasteiger charge is 2.46. The lowest BCUT2D eigenvalue weighted by Gasteiger charge is -2.40. The molecule has 0 radical (unpaired) electrons. The minimum Gasteiger partial charge on any atom is -0.469 e. The summed E-state index contributed by atoms with van der Waals surface area (Å²) < 4.78 is 51.7. The van der Waals surface area contributed by atoms with E-state index in [0.29, 0.717) is 34.9 Å². The van der Waals surface area contributed by atoms with E-state index in [4.69, 9.17) is 26.1 Å². The van der Waals surface area contributed by atoms with Crippen LogP contribution >= 0.6 is 22.9 Å². The lowest BCUT2D eigenvalue weighted by atomic mass is 9.85. The van der Waals surface area contributed by atoms with E-state index < -0.39 is 33.1 Å². The maximum atomic E-state index is 13.9. The van der Waals surface area contributed by atoms with Crippen LogP contribution in [0.4, 0.5) is 4.39 Å². The van der Waals surface area contributed by atoms with Gasteiger partial charge >= 0.3 is 11.9 Å². The SMILES string of the molecule is COC(=O)C1=C(C2CCN(S(=O)(=O)[C@H]3C[C@@H](C(=O)OC)C3)CC2)NC(c2nccs2)=NC1c1ccc(F)cc1Cl. The maximum absolute atomic E-state index is 13.9. The largest absolute Gasteiger partial charge is 0.469 e. The Morgan fingerprint density at radius 3 is 2.50 bits per heavy atom. The van der Waals surface area contributed by atoms with Crippen molar-refractivity contribution >= 4 is 50.7 Å². The van der Waals surface area contributed by atoms with E-state index >= 15 is 0 Å². The number of amidine groups is 1. The van der Waals surface area contributed by atoms with Crippen molar-refractivity contribution in [2.75, 3.05) is 27.3 Å². The van der Waals surface area contributed by atoms with Gasteiger partial charge in [-0.3, -0.25) is 9.79 Å². The van der Waals surface area contributed by atoms with Crippen LogP contribution in [0.25, 0.3) is 0 Å². The van der Waals surface area contributed by atoms with E-state index in [1.54, 1.807) is 11.6 Å². The summed E-state index contributed by atoms with van der Waals surface area (Å²) in [5.74, 6) is -1.70. The molecule has 2 aliphatic heterocycles. The second-order valence-electron chi connectivity index (χ2n) is 9.86. The lowest BCUT2D eigenvalue weighted by Crippen LogP contribution is -2.50. The van der Waals surface area contributed by atoms with Crippen LogP contribution in [0.2, 0.25) is 5.02 Å². The van der Waals surface area contributed by atoms with Gasteiger partial charge in [-0.05, 0) is 37.8 Å². The number of nitrogens with one attached hydrogen (secondary N) is 1. The number of carbonyl (C=O) groups excluding carboxylic acids is 2. The van der Waals surface area contributed by atoms with Crippen molar-refractivity contribution in [3.63, 3.8) is 0 Å². The van der Waals surface area contributed by atoms with Gasteiger partial charge in [0.1, 0.15) is 11.9 Å². The number of allylic oxidation sites excluding steroid dienone is 1. The van der Waals surface area contributed by atoms with Gasteiger partial charge in [0.05, 0.1) is 31.0 Å². The Kier molecular flexibility index (Phi) is 8.27. The minimum absolute atomic E-state index is 0.113. The molecule has 14 heteroatoms. The third-order valence-electron chi connectivity index (χ3n) is 7.64. The number of rotatable bonds is 7. The fourth-order valence-corrected chi connectivity index (χ4v) is 8.35. The van der Waals surface area contributed by atoms with Crippen molar-refractivity contribution in [3.8, 4) is 0 Å².